The molecule has 0 amide bonds. The molecule has 98 valence electrons. The number of carboxylic acids is 1. The molecule has 0 aromatic heterocycles. The summed E-state index contributed by atoms with van der Waals surface area (Å²) in [5.74, 6) is -1.54. The summed E-state index contributed by atoms with van der Waals surface area (Å²) in [6, 6.07) is 2.38. The first-order valence-corrected chi connectivity index (χ1v) is 5.07. The monoisotopic (exact) mass is 262 g/mol. The van der Waals surface area contributed by atoms with Gasteiger partial charge in [-0.2, -0.15) is 13.2 Å². The molecule has 1 aromatic rings. The number of aromatic carboxylic acids is 1. The highest BCUT2D eigenvalue weighted by molar-refractivity contribution is 5.91. The molecule has 1 saturated heterocycles. The van der Waals surface area contributed by atoms with Crippen LogP contribution in [0.15, 0.2) is 18.2 Å². The quantitative estimate of drug-likeness (QED) is 0.907. The van der Waals surface area contributed by atoms with Crippen molar-refractivity contribution in [2.75, 3.05) is 13.2 Å². The van der Waals surface area contributed by atoms with Crippen LogP contribution < -0.4 is 4.74 Å². The summed E-state index contributed by atoms with van der Waals surface area (Å²) >= 11 is 0. The van der Waals surface area contributed by atoms with Crippen LogP contribution in [0.5, 0.6) is 5.75 Å². The van der Waals surface area contributed by atoms with Crippen molar-refractivity contribution in [2.45, 2.75) is 12.3 Å². The van der Waals surface area contributed by atoms with E-state index in [9.17, 15) is 18.0 Å². The number of benzene rings is 1. The van der Waals surface area contributed by atoms with Crippen molar-refractivity contribution in [1.29, 1.82) is 0 Å². The van der Waals surface area contributed by atoms with Crippen LogP contribution in [0.25, 0.3) is 0 Å². The fourth-order valence-electron chi connectivity index (χ4n) is 1.44. The molecule has 0 aliphatic carbocycles. The fraction of sp³-hybridized carbons (Fsp3) is 0.364. The average Bonchev–Trinajstić information content (AvgIpc) is 2.21. The topological polar surface area (TPSA) is 55.8 Å². The van der Waals surface area contributed by atoms with Gasteiger partial charge in [0.05, 0.1) is 18.8 Å². The van der Waals surface area contributed by atoms with Crippen LogP contribution in [0.2, 0.25) is 0 Å². The predicted octanol–water partition coefficient (Wildman–Crippen LogP) is 2.18. The number of carbonyl (C=O) groups is 1. The van der Waals surface area contributed by atoms with Gasteiger partial charge in [-0.05, 0) is 18.2 Å². The van der Waals surface area contributed by atoms with Gasteiger partial charge in [0.15, 0.2) is 0 Å². The Kier molecular flexibility index (Phi) is 3.16. The molecule has 1 aromatic carbocycles. The summed E-state index contributed by atoms with van der Waals surface area (Å²) in [4.78, 5) is 10.9. The molecule has 1 heterocycles. The first-order valence-electron chi connectivity index (χ1n) is 5.07. The summed E-state index contributed by atoms with van der Waals surface area (Å²) in [5.41, 5.74) is -1.52. The maximum atomic E-state index is 12.4. The zero-order valence-corrected chi connectivity index (χ0v) is 9.03. The van der Waals surface area contributed by atoms with Crippen LogP contribution in [-0.4, -0.2) is 30.4 Å². The summed E-state index contributed by atoms with van der Waals surface area (Å²) in [6.07, 6.45) is -4.89. The van der Waals surface area contributed by atoms with Crippen LogP contribution in [0.1, 0.15) is 15.9 Å². The third-order valence-corrected chi connectivity index (χ3v) is 2.44. The lowest BCUT2D eigenvalue weighted by Crippen LogP contribution is -2.38. The third-order valence-electron chi connectivity index (χ3n) is 2.44. The fourth-order valence-corrected chi connectivity index (χ4v) is 1.44. The smallest absolute Gasteiger partial charge is 0.416 e. The van der Waals surface area contributed by atoms with Crippen LogP contribution >= 0.6 is 0 Å². The zero-order chi connectivity index (χ0) is 13.3. The number of hydrogen-bond donors (Lipinski definition) is 1. The predicted molar refractivity (Wildman–Crippen MR) is 53.6 cm³/mol. The number of rotatable bonds is 3. The molecular formula is C11H9F3O4. The SMILES string of the molecule is O=C(O)c1cc(C(F)(F)F)ccc1OC1COC1. The first-order chi connectivity index (χ1) is 8.38. The second-order valence-corrected chi connectivity index (χ2v) is 3.79. The molecule has 0 atom stereocenters. The van der Waals surface area contributed by atoms with Gasteiger partial charge in [0, 0.05) is 0 Å². The van der Waals surface area contributed by atoms with Crippen molar-refractivity contribution in [3.05, 3.63) is 29.3 Å². The highest BCUT2D eigenvalue weighted by Crippen LogP contribution is 2.33. The molecule has 18 heavy (non-hydrogen) atoms. The normalized spacial score (nSPS) is 16.2. The van der Waals surface area contributed by atoms with Gasteiger partial charge in [0.25, 0.3) is 0 Å². The maximum Gasteiger partial charge on any atom is 0.416 e. The third kappa shape index (κ3) is 2.56. The van der Waals surface area contributed by atoms with E-state index in [1.54, 1.807) is 0 Å². The second kappa shape index (κ2) is 4.49. The minimum atomic E-state index is -4.58. The van der Waals surface area contributed by atoms with Crippen molar-refractivity contribution in [3.8, 4) is 5.75 Å². The summed E-state index contributed by atoms with van der Waals surface area (Å²) in [6.45, 7) is 0.611. The zero-order valence-electron chi connectivity index (χ0n) is 9.03. The number of hydrogen-bond acceptors (Lipinski definition) is 3. The van der Waals surface area contributed by atoms with Crippen molar-refractivity contribution in [3.63, 3.8) is 0 Å². The van der Waals surface area contributed by atoms with Crippen molar-refractivity contribution < 1.29 is 32.5 Å². The van der Waals surface area contributed by atoms with Crippen molar-refractivity contribution >= 4 is 5.97 Å². The van der Waals surface area contributed by atoms with Gasteiger partial charge in [-0.3, -0.25) is 0 Å². The Morgan fingerprint density at radius 1 is 1.39 bits per heavy atom. The minimum absolute atomic E-state index is 0.0798. The van der Waals surface area contributed by atoms with E-state index in [4.69, 9.17) is 14.6 Å². The first kappa shape index (κ1) is 12.7. The largest absolute Gasteiger partial charge is 0.485 e. The summed E-state index contributed by atoms with van der Waals surface area (Å²) in [5, 5.41) is 8.88. The molecule has 0 radical (unpaired) electrons. The number of ether oxygens (including phenoxy) is 2. The van der Waals surface area contributed by atoms with Gasteiger partial charge in [-0.25, -0.2) is 4.79 Å². The van der Waals surface area contributed by atoms with Gasteiger partial charge in [0.1, 0.15) is 17.4 Å². The van der Waals surface area contributed by atoms with Crippen molar-refractivity contribution in [2.24, 2.45) is 0 Å². The molecular weight excluding hydrogens is 253 g/mol. The van der Waals surface area contributed by atoms with E-state index in [0.29, 0.717) is 19.3 Å². The molecule has 0 saturated carbocycles. The minimum Gasteiger partial charge on any atom is -0.485 e. The van der Waals surface area contributed by atoms with E-state index in [1.165, 1.54) is 0 Å². The Labute approximate surface area is 99.9 Å². The summed E-state index contributed by atoms with van der Waals surface area (Å²) < 4.78 is 47.4. The van der Waals surface area contributed by atoms with E-state index in [2.05, 4.69) is 0 Å². The molecule has 0 spiro atoms. The van der Waals surface area contributed by atoms with Gasteiger partial charge < -0.3 is 14.6 Å². The van der Waals surface area contributed by atoms with Crippen molar-refractivity contribution in [1.82, 2.24) is 0 Å². The van der Waals surface area contributed by atoms with Crippen LogP contribution in [0.3, 0.4) is 0 Å². The summed E-state index contributed by atoms with van der Waals surface area (Å²) in [7, 11) is 0. The van der Waals surface area contributed by atoms with E-state index < -0.39 is 23.3 Å². The number of halogens is 3. The Bertz CT molecular complexity index is 466. The van der Waals surface area contributed by atoms with Crippen LogP contribution in [-0.2, 0) is 10.9 Å². The molecule has 0 bridgehead atoms. The highest BCUT2D eigenvalue weighted by Gasteiger charge is 2.32. The molecule has 0 unspecified atom stereocenters. The Balaban J connectivity index is 2.31. The van der Waals surface area contributed by atoms with Gasteiger partial charge in [0.2, 0.25) is 0 Å². The molecule has 1 aliphatic heterocycles. The molecule has 1 aliphatic rings. The number of alkyl halides is 3. The van der Waals surface area contributed by atoms with Gasteiger partial charge in [-0.1, -0.05) is 0 Å². The molecule has 4 nitrogen and oxygen atoms in total. The van der Waals surface area contributed by atoms with E-state index >= 15 is 0 Å². The lowest BCUT2D eigenvalue weighted by Gasteiger charge is -2.27. The molecule has 2 rings (SSSR count). The van der Waals surface area contributed by atoms with Gasteiger partial charge >= 0.3 is 12.1 Å². The molecule has 1 N–H and O–H groups in total. The highest BCUT2D eigenvalue weighted by atomic mass is 19.4. The number of carboxylic acid groups (broad SMARTS) is 1. The van der Waals surface area contributed by atoms with E-state index in [-0.39, 0.29) is 11.9 Å². The van der Waals surface area contributed by atoms with E-state index in [0.717, 1.165) is 12.1 Å². The lowest BCUT2D eigenvalue weighted by molar-refractivity contribution is -0.137. The standard InChI is InChI=1S/C11H9F3O4/c12-11(13,14)6-1-2-9(8(3-6)10(15)16)18-7-4-17-5-7/h1-3,7H,4-5H2,(H,15,16). The lowest BCUT2D eigenvalue weighted by atomic mass is 10.1. The second-order valence-electron chi connectivity index (χ2n) is 3.79. The van der Waals surface area contributed by atoms with Crippen LogP contribution in [0.4, 0.5) is 13.2 Å². The Morgan fingerprint density at radius 3 is 2.50 bits per heavy atom. The van der Waals surface area contributed by atoms with E-state index in [1.807, 2.05) is 0 Å². The Morgan fingerprint density at radius 2 is 2.06 bits per heavy atom. The molecule has 7 heteroatoms. The van der Waals surface area contributed by atoms with Gasteiger partial charge in [-0.15, -0.1) is 0 Å². The average molecular weight is 262 g/mol. The van der Waals surface area contributed by atoms with Crippen LogP contribution in [0, 0.1) is 0 Å². The molecule has 1 fully saturated rings. The maximum absolute atomic E-state index is 12.4. The Hall–Kier alpha value is -1.76.